The second-order valence-electron chi connectivity index (χ2n) is 6.20. The van der Waals surface area contributed by atoms with Gasteiger partial charge >= 0.3 is 0 Å². The Morgan fingerprint density at radius 1 is 1.15 bits per heavy atom. The molecule has 2 aromatic rings. The summed E-state index contributed by atoms with van der Waals surface area (Å²) in [5.41, 5.74) is 1.06. The van der Waals surface area contributed by atoms with E-state index in [1.807, 2.05) is 44.3 Å². The molecule has 1 amide bonds. The van der Waals surface area contributed by atoms with Crippen molar-refractivity contribution in [1.29, 1.82) is 0 Å². The first kappa shape index (κ1) is 21.2. The first-order chi connectivity index (χ1) is 12.8. The Labute approximate surface area is 165 Å². The number of anilines is 1. The second-order valence-corrected chi connectivity index (χ2v) is 8.41. The van der Waals surface area contributed by atoms with Crippen LogP contribution in [0, 0.1) is 0 Å². The van der Waals surface area contributed by atoms with Crippen molar-refractivity contribution in [2.75, 3.05) is 25.0 Å². The molecule has 0 aliphatic rings. The number of amides is 1. The van der Waals surface area contributed by atoms with Crippen LogP contribution >= 0.6 is 11.6 Å². The van der Waals surface area contributed by atoms with E-state index in [1.54, 1.807) is 12.1 Å². The summed E-state index contributed by atoms with van der Waals surface area (Å²) in [6.45, 7) is 2.49. The van der Waals surface area contributed by atoms with Gasteiger partial charge in [-0.1, -0.05) is 35.9 Å². The Kier molecular flexibility index (Phi) is 7.65. The Morgan fingerprint density at radius 2 is 1.85 bits per heavy atom. The lowest BCUT2D eigenvalue weighted by Gasteiger charge is -2.27. The van der Waals surface area contributed by atoms with Crippen molar-refractivity contribution in [2.45, 2.75) is 24.3 Å². The normalized spacial score (nSPS) is 12.4. The van der Waals surface area contributed by atoms with Crippen molar-refractivity contribution in [1.82, 2.24) is 10.0 Å². The molecule has 2 rings (SSSR count). The number of para-hydroxylation sites is 1. The smallest absolute Gasteiger partial charge is 0.240 e. The summed E-state index contributed by atoms with van der Waals surface area (Å²) in [5, 5.41) is 3.17. The Morgan fingerprint density at radius 3 is 2.52 bits per heavy atom. The van der Waals surface area contributed by atoms with Crippen LogP contribution in [0.15, 0.2) is 59.5 Å². The van der Waals surface area contributed by atoms with E-state index >= 15 is 0 Å². The van der Waals surface area contributed by atoms with Crippen molar-refractivity contribution in [2.24, 2.45) is 0 Å². The molecule has 0 aromatic heterocycles. The van der Waals surface area contributed by atoms with Crippen molar-refractivity contribution < 1.29 is 13.2 Å². The zero-order valence-corrected chi connectivity index (χ0v) is 16.9. The fraction of sp³-hybridized carbons (Fsp3) is 0.316. The third kappa shape index (κ3) is 6.53. The van der Waals surface area contributed by atoms with Crippen LogP contribution in [0.1, 0.15) is 13.3 Å². The van der Waals surface area contributed by atoms with Gasteiger partial charge in [-0.15, -0.1) is 0 Å². The molecule has 146 valence electrons. The molecule has 0 spiro atoms. The third-order valence-corrected chi connectivity index (χ3v) is 5.86. The third-order valence-electron chi connectivity index (χ3n) is 4.17. The quantitative estimate of drug-likeness (QED) is 0.667. The fourth-order valence-corrected chi connectivity index (χ4v) is 3.75. The molecule has 27 heavy (non-hydrogen) atoms. The van der Waals surface area contributed by atoms with E-state index in [2.05, 4.69) is 14.9 Å². The molecular formula is C19H24ClN3O3S. The largest absolute Gasteiger partial charge is 0.370 e. The van der Waals surface area contributed by atoms with Crippen molar-refractivity contribution >= 4 is 33.2 Å². The van der Waals surface area contributed by atoms with Crippen molar-refractivity contribution in [3.63, 3.8) is 0 Å². The van der Waals surface area contributed by atoms with Crippen LogP contribution in [0.4, 0.5) is 5.69 Å². The zero-order valence-electron chi connectivity index (χ0n) is 15.4. The van der Waals surface area contributed by atoms with Crippen LogP contribution < -0.4 is 14.9 Å². The van der Waals surface area contributed by atoms with Gasteiger partial charge in [0.1, 0.15) is 0 Å². The van der Waals surface area contributed by atoms with E-state index < -0.39 is 10.0 Å². The maximum atomic E-state index is 12.2. The van der Waals surface area contributed by atoms with Gasteiger partial charge in [0.2, 0.25) is 15.9 Å². The average molecular weight is 410 g/mol. The van der Waals surface area contributed by atoms with Gasteiger partial charge in [0.15, 0.2) is 0 Å². The molecule has 0 aliphatic heterocycles. The van der Waals surface area contributed by atoms with E-state index in [0.717, 1.165) is 5.69 Å². The lowest BCUT2D eigenvalue weighted by atomic mass is 10.2. The highest BCUT2D eigenvalue weighted by Crippen LogP contribution is 2.15. The van der Waals surface area contributed by atoms with Gasteiger partial charge in [-0.05, 0) is 37.3 Å². The van der Waals surface area contributed by atoms with Gasteiger partial charge in [-0.2, -0.15) is 0 Å². The van der Waals surface area contributed by atoms with Crippen LogP contribution in [0.2, 0.25) is 5.02 Å². The summed E-state index contributed by atoms with van der Waals surface area (Å²) in [7, 11) is -1.72. The number of nitrogens with zero attached hydrogens (tertiary/aromatic N) is 1. The number of nitrogens with one attached hydrogen (secondary N) is 2. The second kappa shape index (κ2) is 9.73. The van der Waals surface area contributed by atoms with E-state index in [-0.39, 0.29) is 29.8 Å². The molecule has 0 fully saturated rings. The molecular weight excluding hydrogens is 386 g/mol. The molecule has 1 unspecified atom stereocenters. The number of carbonyl (C=O) groups is 1. The topological polar surface area (TPSA) is 78.5 Å². The Hall–Kier alpha value is -2.09. The van der Waals surface area contributed by atoms with Gasteiger partial charge in [0, 0.05) is 43.3 Å². The van der Waals surface area contributed by atoms with Gasteiger partial charge in [0.25, 0.3) is 0 Å². The Bertz CT molecular complexity index is 860. The van der Waals surface area contributed by atoms with Gasteiger partial charge < -0.3 is 10.2 Å². The maximum Gasteiger partial charge on any atom is 0.240 e. The molecule has 0 saturated heterocycles. The molecule has 8 heteroatoms. The highest BCUT2D eigenvalue weighted by Gasteiger charge is 2.15. The van der Waals surface area contributed by atoms with Crippen molar-refractivity contribution in [3.8, 4) is 0 Å². The standard InChI is InChI=1S/C19H24ClN3O3S/c1-15(23(2)17-8-4-3-5-9-17)14-21-19(24)11-12-22-27(25,26)18-10-6-7-16(20)13-18/h3-10,13,15,22H,11-12,14H2,1-2H3,(H,21,24). The van der Waals surface area contributed by atoms with E-state index in [1.165, 1.54) is 12.1 Å². The van der Waals surface area contributed by atoms with E-state index in [4.69, 9.17) is 11.6 Å². The van der Waals surface area contributed by atoms with Crippen LogP contribution in [-0.4, -0.2) is 40.5 Å². The van der Waals surface area contributed by atoms with Crippen LogP contribution in [0.5, 0.6) is 0 Å². The number of hydrogen-bond acceptors (Lipinski definition) is 4. The minimum atomic E-state index is -3.68. The maximum absolute atomic E-state index is 12.2. The molecule has 0 saturated carbocycles. The monoisotopic (exact) mass is 409 g/mol. The molecule has 0 radical (unpaired) electrons. The van der Waals surface area contributed by atoms with Crippen LogP contribution in [0.25, 0.3) is 0 Å². The Balaban J connectivity index is 1.76. The van der Waals surface area contributed by atoms with E-state index in [0.29, 0.717) is 11.6 Å². The molecule has 2 N–H and O–H groups in total. The first-order valence-corrected chi connectivity index (χ1v) is 10.5. The number of benzene rings is 2. The first-order valence-electron chi connectivity index (χ1n) is 8.59. The highest BCUT2D eigenvalue weighted by molar-refractivity contribution is 7.89. The molecule has 1 atom stereocenters. The number of rotatable bonds is 9. The summed E-state index contributed by atoms with van der Waals surface area (Å²) < 4.78 is 26.8. The van der Waals surface area contributed by atoms with Crippen LogP contribution in [-0.2, 0) is 14.8 Å². The average Bonchev–Trinajstić information content (AvgIpc) is 2.66. The number of halogens is 1. The summed E-state index contributed by atoms with van der Waals surface area (Å²) >= 11 is 5.82. The lowest BCUT2D eigenvalue weighted by Crippen LogP contribution is -2.41. The summed E-state index contributed by atoms with van der Waals surface area (Å²) in [4.78, 5) is 14.1. The molecule has 6 nitrogen and oxygen atoms in total. The van der Waals surface area contributed by atoms with Gasteiger partial charge in [0.05, 0.1) is 4.90 Å². The highest BCUT2D eigenvalue weighted by atomic mass is 35.5. The minimum Gasteiger partial charge on any atom is -0.370 e. The summed E-state index contributed by atoms with van der Waals surface area (Å²) in [5.74, 6) is -0.211. The van der Waals surface area contributed by atoms with Crippen molar-refractivity contribution in [3.05, 3.63) is 59.6 Å². The van der Waals surface area contributed by atoms with E-state index in [9.17, 15) is 13.2 Å². The molecule has 0 aliphatic carbocycles. The molecule has 0 bridgehead atoms. The zero-order chi connectivity index (χ0) is 19.9. The minimum absolute atomic E-state index is 0.0174. The predicted octanol–water partition coefficient (Wildman–Crippen LogP) is 2.65. The van der Waals surface area contributed by atoms with Gasteiger partial charge in [-0.25, -0.2) is 13.1 Å². The molecule has 2 aromatic carbocycles. The van der Waals surface area contributed by atoms with Crippen LogP contribution in [0.3, 0.4) is 0 Å². The SMILES string of the molecule is CC(CNC(=O)CCNS(=O)(=O)c1cccc(Cl)c1)N(C)c1ccccc1. The van der Waals surface area contributed by atoms with Gasteiger partial charge in [-0.3, -0.25) is 4.79 Å². The number of carbonyl (C=O) groups excluding carboxylic acids is 1. The lowest BCUT2D eigenvalue weighted by molar-refractivity contribution is -0.120. The number of hydrogen-bond donors (Lipinski definition) is 2. The number of sulfonamides is 1. The summed E-state index contributed by atoms with van der Waals surface area (Å²) in [6.07, 6.45) is 0.0571. The fourth-order valence-electron chi connectivity index (χ4n) is 2.42. The summed E-state index contributed by atoms with van der Waals surface area (Å²) in [6, 6.07) is 16.0. The predicted molar refractivity (Wildman–Crippen MR) is 109 cm³/mol. The number of likely N-dealkylation sites (N-methyl/N-ethyl adjacent to an activating group) is 1. The molecule has 0 heterocycles.